The van der Waals surface area contributed by atoms with Gasteiger partial charge in [0.2, 0.25) is 4.77 Å². The molecule has 1 rings (SSSR count). The van der Waals surface area contributed by atoms with E-state index < -0.39 is 12.1 Å². The van der Waals surface area contributed by atoms with E-state index in [0.717, 1.165) is 12.4 Å². The molecule has 0 saturated heterocycles. The Hall–Kier alpha value is -1.76. The van der Waals surface area contributed by atoms with Gasteiger partial charge < -0.3 is 10.2 Å². The van der Waals surface area contributed by atoms with E-state index in [0.29, 0.717) is 4.57 Å². The molecule has 0 spiro atoms. The van der Waals surface area contributed by atoms with E-state index in [1.54, 1.807) is 0 Å². The normalized spacial score (nSPS) is 9.54. The van der Waals surface area contributed by atoms with Crippen molar-refractivity contribution in [2.75, 3.05) is 0 Å². The van der Waals surface area contributed by atoms with Gasteiger partial charge in [-0.25, -0.2) is 19.1 Å². The predicted octanol–water partition coefficient (Wildman–Crippen LogP) is 0.837. The summed E-state index contributed by atoms with van der Waals surface area (Å²) >= 11 is 4.55. The van der Waals surface area contributed by atoms with Crippen LogP contribution in [0.15, 0.2) is 12.4 Å². The van der Waals surface area contributed by atoms with E-state index in [1.807, 2.05) is 0 Å². The molecule has 0 radical (unpaired) electrons. The molecule has 0 aliphatic carbocycles. The van der Waals surface area contributed by atoms with Crippen molar-refractivity contribution in [3.63, 3.8) is 0 Å². The summed E-state index contributed by atoms with van der Waals surface area (Å²) in [6.07, 6.45) is 0.546. The number of carbonyl (C=O) groups is 2. The molecule has 13 heavy (non-hydrogen) atoms. The highest BCUT2D eigenvalue weighted by atomic mass is 32.1. The first-order valence-electron chi connectivity index (χ1n) is 3.07. The van der Waals surface area contributed by atoms with Gasteiger partial charge in [0.25, 0.3) is 0 Å². The maximum atomic E-state index is 10.5. The highest BCUT2D eigenvalue weighted by molar-refractivity contribution is 7.71. The minimum Gasteiger partial charge on any atom is -0.478 e. The fourth-order valence-electron chi connectivity index (χ4n) is 0.662. The van der Waals surface area contributed by atoms with Crippen LogP contribution in [0.5, 0.6) is 0 Å². The topological polar surface area (TPSA) is 92.4 Å². The molecular weight excluding hydrogens is 196 g/mol. The van der Waals surface area contributed by atoms with E-state index in [2.05, 4.69) is 17.2 Å². The Bertz CT molecular complexity index is 425. The molecule has 0 saturated carbocycles. The number of rotatable bonds is 1. The Kier molecular flexibility index (Phi) is 2.38. The lowest BCUT2D eigenvalue weighted by atomic mass is 10.3. The van der Waals surface area contributed by atoms with Crippen molar-refractivity contribution in [2.24, 2.45) is 0 Å². The van der Waals surface area contributed by atoms with Crippen LogP contribution >= 0.6 is 12.2 Å². The van der Waals surface area contributed by atoms with Gasteiger partial charge in [-0.15, -0.1) is 0 Å². The Morgan fingerprint density at radius 1 is 1.46 bits per heavy atom. The van der Waals surface area contributed by atoms with E-state index in [1.165, 1.54) is 0 Å². The van der Waals surface area contributed by atoms with Gasteiger partial charge in [-0.2, -0.15) is 0 Å². The van der Waals surface area contributed by atoms with Crippen molar-refractivity contribution >= 4 is 24.3 Å². The zero-order valence-electron chi connectivity index (χ0n) is 6.17. The molecule has 0 atom stereocenters. The third-order valence-electron chi connectivity index (χ3n) is 1.24. The molecule has 0 aromatic carbocycles. The van der Waals surface area contributed by atoms with E-state index in [4.69, 9.17) is 10.2 Å². The molecule has 1 heterocycles. The largest absolute Gasteiger partial charge is 0.478 e. The zero-order valence-corrected chi connectivity index (χ0v) is 6.98. The van der Waals surface area contributed by atoms with Crippen LogP contribution in [0.3, 0.4) is 0 Å². The summed E-state index contributed by atoms with van der Waals surface area (Å²) in [7, 11) is 0. The predicted molar refractivity (Wildman–Crippen MR) is 43.4 cm³/mol. The van der Waals surface area contributed by atoms with Gasteiger partial charge in [-0.1, -0.05) is 0 Å². The van der Waals surface area contributed by atoms with E-state index >= 15 is 0 Å². The number of carboxylic acid groups (broad SMARTS) is 2. The van der Waals surface area contributed by atoms with Crippen LogP contribution in [0.1, 0.15) is 10.4 Å². The standard InChI is InChI=1S/C6H4N2O4S/c9-4(10)3-1-7-5(13)8(2-3)6(11)12/h1-2H,(H,9,10)(H,11,12). The molecule has 0 aliphatic heterocycles. The Labute approximate surface area is 77.1 Å². The summed E-state index contributed by atoms with van der Waals surface area (Å²) in [5.41, 5.74) is -0.226. The second-order valence-electron chi connectivity index (χ2n) is 2.08. The Morgan fingerprint density at radius 2 is 2.08 bits per heavy atom. The third kappa shape index (κ3) is 1.88. The molecular formula is C6H4N2O4S. The van der Waals surface area contributed by atoms with Crippen LogP contribution in [0.4, 0.5) is 4.79 Å². The highest BCUT2D eigenvalue weighted by Crippen LogP contribution is 1.97. The van der Waals surface area contributed by atoms with Crippen molar-refractivity contribution in [3.8, 4) is 0 Å². The van der Waals surface area contributed by atoms with Gasteiger partial charge in [0.05, 0.1) is 5.56 Å². The number of nitrogens with zero attached hydrogens (tertiary/aromatic N) is 2. The Morgan fingerprint density at radius 3 is 2.54 bits per heavy atom. The average molecular weight is 200 g/mol. The second kappa shape index (κ2) is 3.31. The van der Waals surface area contributed by atoms with E-state index in [9.17, 15) is 9.59 Å². The summed E-state index contributed by atoms with van der Waals surface area (Å²) in [5.74, 6) is -1.25. The van der Waals surface area contributed by atoms with Gasteiger partial charge in [0.1, 0.15) is 0 Å². The fraction of sp³-hybridized carbons (Fsp3) is 0. The van der Waals surface area contributed by atoms with Gasteiger partial charge in [0, 0.05) is 12.4 Å². The molecule has 2 N–H and O–H groups in total. The van der Waals surface area contributed by atoms with Gasteiger partial charge in [-0.05, 0) is 12.2 Å². The van der Waals surface area contributed by atoms with Crippen LogP contribution < -0.4 is 0 Å². The SMILES string of the molecule is O=C(O)c1cnc(=S)n(C(=O)O)c1. The van der Waals surface area contributed by atoms with Gasteiger partial charge in [0.15, 0.2) is 0 Å². The quantitative estimate of drug-likeness (QED) is 0.652. The minimum atomic E-state index is -1.36. The summed E-state index contributed by atoms with van der Waals surface area (Å²) in [5, 5.41) is 17.0. The van der Waals surface area contributed by atoms with Gasteiger partial charge >= 0.3 is 12.1 Å². The third-order valence-corrected chi connectivity index (χ3v) is 1.54. The molecule has 1 aromatic heterocycles. The maximum absolute atomic E-state index is 10.5. The lowest BCUT2D eigenvalue weighted by Crippen LogP contribution is -2.13. The van der Waals surface area contributed by atoms with Crippen molar-refractivity contribution in [2.45, 2.75) is 0 Å². The maximum Gasteiger partial charge on any atom is 0.417 e. The zero-order chi connectivity index (χ0) is 10.0. The number of aromatic nitrogens is 2. The van der Waals surface area contributed by atoms with Crippen LogP contribution in [0.25, 0.3) is 0 Å². The molecule has 1 aromatic rings. The molecule has 0 unspecified atom stereocenters. The highest BCUT2D eigenvalue weighted by Gasteiger charge is 2.08. The summed E-state index contributed by atoms with van der Waals surface area (Å²) in [4.78, 5) is 24.3. The molecule has 0 fully saturated rings. The van der Waals surface area contributed by atoms with Gasteiger partial charge in [-0.3, -0.25) is 0 Å². The number of hydrogen-bond donors (Lipinski definition) is 2. The van der Waals surface area contributed by atoms with Crippen LogP contribution in [-0.2, 0) is 0 Å². The second-order valence-corrected chi connectivity index (χ2v) is 2.45. The summed E-state index contributed by atoms with van der Waals surface area (Å²) in [6, 6.07) is 0. The van der Waals surface area contributed by atoms with Crippen LogP contribution in [0.2, 0.25) is 0 Å². The molecule has 0 aliphatic rings. The van der Waals surface area contributed by atoms with Crippen molar-refractivity contribution < 1.29 is 19.8 Å². The van der Waals surface area contributed by atoms with Crippen molar-refractivity contribution in [1.29, 1.82) is 0 Å². The van der Waals surface area contributed by atoms with E-state index in [-0.39, 0.29) is 10.3 Å². The van der Waals surface area contributed by atoms with Crippen LogP contribution in [-0.4, -0.2) is 31.8 Å². The smallest absolute Gasteiger partial charge is 0.417 e. The first-order valence-corrected chi connectivity index (χ1v) is 3.48. The monoisotopic (exact) mass is 200 g/mol. The minimum absolute atomic E-state index is 0.197. The average Bonchev–Trinajstić information content (AvgIpc) is 2.04. The molecule has 0 bridgehead atoms. The summed E-state index contributed by atoms with van der Waals surface area (Å²) < 4.78 is 0.371. The summed E-state index contributed by atoms with van der Waals surface area (Å²) in [6.45, 7) is 0. The molecule has 0 amide bonds. The number of aromatic carboxylic acids is 1. The number of carboxylic acids is 1. The first kappa shape index (κ1) is 9.33. The molecule has 6 nitrogen and oxygen atoms in total. The first-order chi connectivity index (χ1) is 6.02. The lowest BCUT2D eigenvalue weighted by molar-refractivity contribution is 0.0695. The molecule has 7 heteroatoms. The number of hydrogen-bond acceptors (Lipinski definition) is 4. The molecule has 68 valence electrons. The fourth-order valence-corrected chi connectivity index (χ4v) is 0.846. The Balaban J connectivity index is 3.35. The van der Waals surface area contributed by atoms with Crippen molar-refractivity contribution in [3.05, 3.63) is 22.7 Å². The van der Waals surface area contributed by atoms with Crippen LogP contribution in [0, 0.1) is 4.77 Å². The lowest BCUT2D eigenvalue weighted by Gasteiger charge is -1.99. The van der Waals surface area contributed by atoms with Crippen molar-refractivity contribution in [1.82, 2.24) is 9.55 Å².